The van der Waals surface area contributed by atoms with E-state index < -0.39 is 0 Å². The SMILES string of the molecule is CCC(C)N(C)CCNC(=NC)NCc1ccc(Cl)cc1.I. The molecule has 1 atom stereocenters. The Bertz CT molecular complexity index is 436. The van der Waals surface area contributed by atoms with Crippen molar-refractivity contribution in [2.24, 2.45) is 4.99 Å². The lowest BCUT2D eigenvalue weighted by Crippen LogP contribution is -2.42. The molecular weight excluding hydrogens is 411 g/mol. The minimum absolute atomic E-state index is 0. The molecule has 6 heteroatoms. The van der Waals surface area contributed by atoms with Crippen molar-refractivity contribution in [1.29, 1.82) is 0 Å². The van der Waals surface area contributed by atoms with Crippen LogP contribution in [0.3, 0.4) is 0 Å². The zero-order valence-corrected chi connectivity index (χ0v) is 17.0. The molecule has 0 saturated carbocycles. The standard InChI is InChI=1S/C16H27ClN4.HI/c1-5-13(2)21(4)11-10-19-16(18-3)20-12-14-6-8-15(17)9-7-14;/h6-9,13H,5,10-12H2,1-4H3,(H2,18,19,20);1H. The number of halogens is 2. The molecule has 1 rings (SSSR count). The van der Waals surface area contributed by atoms with Crippen LogP contribution in [0.1, 0.15) is 25.8 Å². The molecule has 0 aliphatic heterocycles. The van der Waals surface area contributed by atoms with Crippen LogP contribution in [0.5, 0.6) is 0 Å². The van der Waals surface area contributed by atoms with Crippen LogP contribution in [0, 0.1) is 0 Å². The second-order valence-electron chi connectivity index (χ2n) is 5.22. The summed E-state index contributed by atoms with van der Waals surface area (Å²) in [6.45, 7) is 7.06. The Balaban J connectivity index is 0.00000441. The van der Waals surface area contributed by atoms with Crippen molar-refractivity contribution in [2.75, 3.05) is 27.2 Å². The second-order valence-corrected chi connectivity index (χ2v) is 5.65. The van der Waals surface area contributed by atoms with Gasteiger partial charge in [0.25, 0.3) is 0 Å². The number of benzene rings is 1. The minimum atomic E-state index is 0. The van der Waals surface area contributed by atoms with E-state index >= 15 is 0 Å². The number of aliphatic imine (C=N–C) groups is 1. The molecule has 22 heavy (non-hydrogen) atoms. The second kappa shape index (κ2) is 12.0. The Kier molecular flexibility index (Phi) is 11.7. The van der Waals surface area contributed by atoms with Crippen LogP contribution in [-0.4, -0.2) is 44.1 Å². The molecule has 0 radical (unpaired) electrons. The molecular formula is C16H28ClIN4. The third-order valence-electron chi connectivity index (χ3n) is 3.70. The number of hydrogen-bond acceptors (Lipinski definition) is 2. The topological polar surface area (TPSA) is 39.7 Å². The van der Waals surface area contributed by atoms with Crippen molar-refractivity contribution in [1.82, 2.24) is 15.5 Å². The predicted molar refractivity (Wildman–Crippen MR) is 107 cm³/mol. The van der Waals surface area contributed by atoms with Gasteiger partial charge in [0.05, 0.1) is 0 Å². The van der Waals surface area contributed by atoms with E-state index in [0.717, 1.165) is 30.6 Å². The van der Waals surface area contributed by atoms with E-state index in [2.05, 4.69) is 41.4 Å². The van der Waals surface area contributed by atoms with Crippen molar-refractivity contribution in [3.63, 3.8) is 0 Å². The van der Waals surface area contributed by atoms with Crippen molar-refractivity contribution in [3.05, 3.63) is 34.9 Å². The van der Waals surface area contributed by atoms with Gasteiger partial charge < -0.3 is 15.5 Å². The molecule has 0 bridgehead atoms. The van der Waals surface area contributed by atoms with E-state index in [1.54, 1.807) is 7.05 Å². The van der Waals surface area contributed by atoms with Gasteiger partial charge in [0.2, 0.25) is 0 Å². The first-order chi connectivity index (χ1) is 10.1. The van der Waals surface area contributed by atoms with E-state index in [-0.39, 0.29) is 24.0 Å². The lowest BCUT2D eigenvalue weighted by atomic mass is 10.2. The van der Waals surface area contributed by atoms with Crippen LogP contribution in [0.15, 0.2) is 29.3 Å². The van der Waals surface area contributed by atoms with Crippen molar-refractivity contribution in [3.8, 4) is 0 Å². The van der Waals surface area contributed by atoms with Crippen molar-refractivity contribution < 1.29 is 0 Å². The van der Waals surface area contributed by atoms with E-state index in [9.17, 15) is 0 Å². The summed E-state index contributed by atoms with van der Waals surface area (Å²) in [4.78, 5) is 6.58. The van der Waals surface area contributed by atoms with E-state index in [1.807, 2.05) is 24.3 Å². The number of nitrogens with one attached hydrogen (secondary N) is 2. The molecule has 126 valence electrons. The summed E-state index contributed by atoms with van der Waals surface area (Å²) < 4.78 is 0. The first kappa shape index (κ1) is 21.5. The van der Waals surface area contributed by atoms with Gasteiger partial charge in [0, 0.05) is 37.7 Å². The zero-order chi connectivity index (χ0) is 15.7. The van der Waals surface area contributed by atoms with Gasteiger partial charge in [-0.3, -0.25) is 4.99 Å². The van der Waals surface area contributed by atoms with Crippen LogP contribution >= 0.6 is 35.6 Å². The molecule has 2 N–H and O–H groups in total. The molecule has 1 unspecified atom stereocenters. The number of likely N-dealkylation sites (N-methyl/N-ethyl adjacent to an activating group) is 1. The first-order valence-corrected chi connectivity index (χ1v) is 7.83. The molecule has 0 saturated heterocycles. The first-order valence-electron chi connectivity index (χ1n) is 7.46. The van der Waals surface area contributed by atoms with E-state index in [4.69, 9.17) is 11.6 Å². The van der Waals surface area contributed by atoms with Crippen LogP contribution in [0.25, 0.3) is 0 Å². The van der Waals surface area contributed by atoms with Gasteiger partial charge >= 0.3 is 0 Å². The Hall–Kier alpha value is -0.530. The molecule has 0 fully saturated rings. The smallest absolute Gasteiger partial charge is 0.191 e. The summed E-state index contributed by atoms with van der Waals surface area (Å²) in [5.74, 6) is 0.822. The van der Waals surface area contributed by atoms with Gasteiger partial charge in [-0.1, -0.05) is 30.7 Å². The van der Waals surface area contributed by atoms with E-state index in [0.29, 0.717) is 6.04 Å². The Labute approximate surface area is 156 Å². The fourth-order valence-electron chi connectivity index (χ4n) is 1.89. The molecule has 0 amide bonds. The van der Waals surface area contributed by atoms with Crippen LogP contribution in [0.4, 0.5) is 0 Å². The van der Waals surface area contributed by atoms with Gasteiger partial charge in [-0.05, 0) is 38.1 Å². The normalized spacial score (nSPS) is 12.7. The molecule has 4 nitrogen and oxygen atoms in total. The number of hydrogen-bond donors (Lipinski definition) is 2. The summed E-state index contributed by atoms with van der Waals surface area (Å²) in [5.41, 5.74) is 1.18. The summed E-state index contributed by atoms with van der Waals surface area (Å²) >= 11 is 5.88. The third-order valence-corrected chi connectivity index (χ3v) is 3.95. The van der Waals surface area contributed by atoms with Gasteiger partial charge in [0.1, 0.15) is 0 Å². The molecule has 0 aliphatic carbocycles. The Morgan fingerprint density at radius 3 is 2.45 bits per heavy atom. The maximum atomic E-state index is 5.88. The van der Waals surface area contributed by atoms with Gasteiger partial charge in [-0.2, -0.15) is 0 Å². The summed E-state index contributed by atoms with van der Waals surface area (Å²) in [6.07, 6.45) is 1.17. The number of guanidine groups is 1. The Morgan fingerprint density at radius 2 is 1.91 bits per heavy atom. The quantitative estimate of drug-likeness (QED) is 0.390. The number of nitrogens with zero attached hydrogens (tertiary/aromatic N) is 2. The van der Waals surface area contributed by atoms with Gasteiger partial charge in [-0.15, -0.1) is 24.0 Å². The molecule has 0 aliphatic rings. The van der Waals surface area contributed by atoms with Crippen LogP contribution in [-0.2, 0) is 6.54 Å². The fraction of sp³-hybridized carbons (Fsp3) is 0.562. The van der Waals surface area contributed by atoms with Crippen molar-refractivity contribution >= 4 is 41.5 Å². The average Bonchev–Trinajstić information content (AvgIpc) is 2.51. The van der Waals surface area contributed by atoms with Crippen LogP contribution < -0.4 is 10.6 Å². The molecule has 1 aromatic carbocycles. The maximum Gasteiger partial charge on any atom is 0.191 e. The molecule has 1 aromatic rings. The summed E-state index contributed by atoms with van der Waals surface area (Å²) in [6, 6.07) is 8.43. The highest BCUT2D eigenvalue weighted by molar-refractivity contribution is 14.0. The van der Waals surface area contributed by atoms with Gasteiger partial charge in [0.15, 0.2) is 5.96 Å². The number of rotatable bonds is 7. The Morgan fingerprint density at radius 1 is 1.27 bits per heavy atom. The third kappa shape index (κ3) is 8.19. The summed E-state index contributed by atoms with van der Waals surface area (Å²) in [5, 5.41) is 7.39. The average molecular weight is 439 g/mol. The highest BCUT2D eigenvalue weighted by atomic mass is 127. The minimum Gasteiger partial charge on any atom is -0.355 e. The predicted octanol–water partition coefficient (Wildman–Crippen LogP) is 3.35. The van der Waals surface area contributed by atoms with Gasteiger partial charge in [-0.25, -0.2) is 0 Å². The largest absolute Gasteiger partial charge is 0.355 e. The highest BCUT2D eigenvalue weighted by Gasteiger charge is 2.06. The zero-order valence-electron chi connectivity index (χ0n) is 13.9. The molecule has 0 aromatic heterocycles. The maximum absolute atomic E-state index is 5.88. The lowest BCUT2D eigenvalue weighted by molar-refractivity contribution is 0.255. The van der Waals surface area contributed by atoms with Crippen LogP contribution in [0.2, 0.25) is 5.02 Å². The molecule has 0 spiro atoms. The molecule has 0 heterocycles. The summed E-state index contributed by atoms with van der Waals surface area (Å²) in [7, 11) is 3.94. The monoisotopic (exact) mass is 438 g/mol. The lowest BCUT2D eigenvalue weighted by Gasteiger charge is -2.24. The highest BCUT2D eigenvalue weighted by Crippen LogP contribution is 2.08. The van der Waals surface area contributed by atoms with E-state index in [1.165, 1.54) is 12.0 Å². The van der Waals surface area contributed by atoms with Crippen molar-refractivity contribution in [2.45, 2.75) is 32.9 Å². The fourth-order valence-corrected chi connectivity index (χ4v) is 2.02.